The summed E-state index contributed by atoms with van der Waals surface area (Å²) in [7, 11) is 1.65. The molecule has 9 heteroatoms. The average Bonchev–Trinajstić information content (AvgIpc) is 3.36. The van der Waals surface area contributed by atoms with Gasteiger partial charge >= 0.3 is 6.16 Å². The number of aromatic nitrogens is 1. The highest BCUT2D eigenvalue weighted by molar-refractivity contribution is 5.60. The summed E-state index contributed by atoms with van der Waals surface area (Å²) in [6, 6.07) is 10.2. The van der Waals surface area contributed by atoms with Crippen LogP contribution in [0, 0.1) is 0 Å². The van der Waals surface area contributed by atoms with Crippen LogP contribution in [0.25, 0.3) is 0 Å². The zero-order valence-electron chi connectivity index (χ0n) is 21.6. The number of benzene rings is 1. The number of nitrogens with one attached hydrogen (secondary N) is 1. The molecule has 196 valence electrons. The highest BCUT2D eigenvalue weighted by Crippen LogP contribution is 2.34. The van der Waals surface area contributed by atoms with E-state index in [1.54, 1.807) is 18.4 Å². The Morgan fingerprint density at radius 3 is 2.58 bits per heavy atom. The summed E-state index contributed by atoms with van der Waals surface area (Å²) in [5, 5.41) is 5.47. The van der Waals surface area contributed by atoms with Crippen LogP contribution in [0.1, 0.15) is 57.2 Å². The maximum atomic E-state index is 12.0. The first-order chi connectivity index (χ1) is 17.3. The van der Waals surface area contributed by atoms with E-state index >= 15 is 0 Å². The third-order valence-corrected chi connectivity index (χ3v) is 6.17. The molecule has 0 aliphatic carbocycles. The Hall–Kier alpha value is -2.88. The SMILES string of the molecule is COc1ccc(C(NC2CCN(OC(=O)OC(C)(C)C)CC2)c2cccnc2)cc1O[C@@H]1CCOC1. The number of ether oxygens (including phenoxy) is 4. The molecule has 36 heavy (non-hydrogen) atoms. The molecular formula is C27H37N3O6. The smallest absolute Gasteiger partial charge is 0.493 e. The van der Waals surface area contributed by atoms with E-state index in [0.29, 0.717) is 37.8 Å². The number of piperidine rings is 1. The van der Waals surface area contributed by atoms with Crippen molar-refractivity contribution in [3.8, 4) is 11.5 Å². The Morgan fingerprint density at radius 2 is 1.94 bits per heavy atom. The predicted octanol–water partition coefficient (Wildman–Crippen LogP) is 4.27. The fourth-order valence-corrected chi connectivity index (χ4v) is 4.41. The highest BCUT2D eigenvalue weighted by Gasteiger charge is 2.28. The fraction of sp³-hybridized carbons (Fsp3) is 0.556. The molecular weight excluding hydrogens is 462 g/mol. The van der Waals surface area contributed by atoms with E-state index in [1.807, 2.05) is 45.2 Å². The molecule has 1 aromatic heterocycles. The number of carbonyl (C=O) groups is 1. The van der Waals surface area contributed by atoms with Crippen LogP contribution in [0.5, 0.6) is 11.5 Å². The van der Waals surface area contributed by atoms with Crippen LogP contribution in [0.2, 0.25) is 0 Å². The van der Waals surface area contributed by atoms with Gasteiger partial charge in [0.15, 0.2) is 11.5 Å². The maximum Gasteiger partial charge on any atom is 0.528 e. The number of hydroxylamine groups is 2. The van der Waals surface area contributed by atoms with Crippen molar-refractivity contribution in [2.24, 2.45) is 0 Å². The number of methoxy groups -OCH3 is 1. The van der Waals surface area contributed by atoms with Gasteiger partial charge in [-0.1, -0.05) is 12.1 Å². The molecule has 2 aromatic rings. The number of pyridine rings is 1. The van der Waals surface area contributed by atoms with E-state index in [9.17, 15) is 4.79 Å². The molecule has 0 saturated carbocycles. The second-order valence-electron chi connectivity index (χ2n) is 10.2. The molecule has 2 aliphatic heterocycles. The Morgan fingerprint density at radius 1 is 1.14 bits per heavy atom. The molecule has 0 spiro atoms. The molecule has 0 amide bonds. The number of carbonyl (C=O) groups excluding carboxylic acids is 1. The molecule has 2 aliphatic rings. The third-order valence-electron chi connectivity index (χ3n) is 6.17. The summed E-state index contributed by atoms with van der Waals surface area (Å²) in [5.74, 6) is 1.41. The van der Waals surface area contributed by atoms with Gasteiger partial charge in [0.05, 0.1) is 26.4 Å². The van der Waals surface area contributed by atoms with Gasteiger partial charge in [0.1, 0.15) is 11.7 Å². The van der Waals surface area contributed by atoms with Gasteiger partial charge in [-0.25, -0.2) is 4.79 Å². The summed E-state index contributed by atoms with van der Waals surface area (Å²) in [5.41, 5.74) is 1.54. The lowest BCUT2D eigenvalue weighted by Gasteiger charge is -2.34. The van der Waals surface area contributed by atoms with Crippen molar-refractivity contribution in [1.82, 2.24) is 15.4 Å². The van der Waals surface area contributed by atoms with Gasteiger partial charge in [-0.2, -0.15) is 0 Å². The quantitative estimate of drug-likeness (QED) is 0.535. The minimum absolute atomic E-state index is 0.0215. The van der Waals surface area contributed by atoms with E-state index in [1.165, 1.54) is 0 Å². The van der Waals surface area contributed by atoms with E-state index in [4.69, 9.17) is 23.8 Å². The van der Waals surface area contributed by atoms with Crippen LogP contribution in [0.4, 0.5) is 4.79 Å². The van der Waals surface area contributed by atoms with Gasteiger partial charge in [-0.3, -0.25) is 4.98 Å². The molecule has 1 N–H and O–H groups in total. The number of rotatable bonds is 8. The van der Waals surface area contributed by atoms with E-state index in [-0.39, 0.29) is 18.2 Å². The molecule has 4 rings (SSSR count). The first kappa shape index (κ1) is 26.2. The topological polar surface area (TPSA) is 91.4 Å². The summed E-state index contributed by atoms with van der Waals surface area (Å²) in [6.45, 7) is 8.00. The van der Waals surface area contributed by atoms with Gasteiger partial charge in [-0.05, 0) is 62.9 Å². The van der Waals surface area contributed by atoms with Gasteiger partial charge in [0.2, 0.25) is 0 Å². The highest BCUT2D eigenvalue weighted by atomic mass is 16.8. The van der Waals surface area contributed by atoms with Crippen molar-refractivity contribution >= 4 is 6.16 Å². The number of nitrogens with zero attached hydrogens (tertiary/aromatic N) is 2. The number of hydrogen-bond acceptors (Lipinski definition) is 9. The molecule has 0 bridgehead atoms. The van der Waals surface area contributed by atoms with E-state index < -0.39 is 11.8 Å². The van der Waals surface area contributed by atoms with Crippen molar-refractivity contribution in [3.05, 3.63) is 53.9 Å². The van der Waals surface area contributed by atoms with E-state index in [0.717, 1.165) is 30.4 Å². The largest absolute Gasteiger partial charge is 0.528 e. The van der Waals surface area contributed by atoms with Crippen molar-refractivity contribution in [2.75, 3.05) is 33.4 Å². The molecule has 9 nitrogen and oxygen atoms in total. The summed E-state index contributed by atoms with van der Waals surface area (Å²) in [4.78, 5) is 21.8. The van der Waals surface area contributed by atoms with Crippen LogP contribution >= 0.6 is 0 Å². The van der Waals surface area contributed by atoms with Crippen LogP contribution < -0.4 is 14.8 Å². The normalized spacial score (nSPS) is 20.1. The monoisotopic (exact) mass is 499 g/mol. The Kier molecular flexibility index (Phi) is 8.66. The zero-order chi connectivity index (χ0) is 25.5. The minimum Gasteiger partial charge on any atom is -0.493 e. The second kappa shape index (κ2) is 11.9. The Balaban J connectivity index is 1.45. The van der Waals surface area contributed by atoms with Gasteiger partial charge < -0.3 is 29.1 Å². The Labute approximate surface area is 213 Å². The van der Waals surface area contributed by atoms with Crippen LogP contribution in [0.15, 0.2) is 42.7 Å². The molecule has 1 aromatic carbocycles. The summed E-state index contributed by atoms with van der Waals surface area (Å²) in [6.07, 6.45) is 5.51. The van der Waals surface area contributed by atoms with Gasteiger partial charge in [-0.15, -0.1) is 5.06 Å². The molecule has 1 unspecified atom stereocenters. The minimum atomic E-state index is -0.666. The van der Waals surface area contributed by atoms with Gasteiger partial charge in [0.25, 0.3) is 0 Å². The standard InChI is InChI=1S/C27H37N3O6/c1-27(2,3)35-26(31)36-30-13-9-21(10-14-30)29-25(20-6-5-12-28-17-20)19-7-8-23(32-4)24(16-19)34-22-11-15-33-18-22/h5-8,12,16-17,21-22,25,29H,9-11,13-15,18H2,1-4H3/t22-,25?/m1/s1. The lowest BCUT2D eigenvalue weighted by atomic mass is 9.96. The van der Waals surface area contributed by atoms with Crippen molar-refractivity contribution in [1.29, 1.82) is 0 Å². The lowest BCUT2D eigenvalue weighted by molar-refractivity contribution is -0.153. The fourth-order valence-electron chi connectivity index (χ4n) is 4.41. The number of hydrogen-bond donors (Lipinski definition) is 1. The first-order valence-electron chi connectivity index (χ1n) is 12.5. The second-order valence-corrected chi connectivity index (χ2v) is 10.2. The maximum absolute atomic E-state index is 12.0. The summed E-state index contributed by atoms with van der Waals surface area (Å²) < 4.78 is 22.5. The van der Waals surface area contributed by atoms with Crippen LogP contribution in [-0.2, 0) is 14.3 Å². The third kappa shape index (κ3) is 7.32. The summed E-state index contributed by atoms with van der Waals surface area (Å²) >= 11 is 0. The lowest BCUT2D eigenvalue weighted by Crippen LogP contribution is -2.45. The molecule has 2 atom stereocenters. The Bertz CT molecular complexity index is 983. The van der Waals surface area contributed by atoms with Crippen molar-refractivity contribution in [3.63, 3.8) is 0 Å². The molecule has 2 fully saturated rings. The van der Waals surface area contributed by atoms with Crippen LogP contribution in [-0.4, -0.2) is 67.4 Å². The molecule has 0 radical (unpaired) electrons. The van der Waals surface area contributed by atoms with E-state index in [2.05, 4.69) is 22.4 Å². The molecule has 2 saturated heterocycles. The average molecular weight is 500 g/mol. The zero-order valence-corrected chi connectivity index (χ0v) is 21.6. The first-order valence-corrected chi connectivity index (χ1v) is 12.5. The van der Waals surface area contributed by atoms with Crippen LogP contribution in [0.3, 0.4) is 0 Å². The van der Waals surface area contributed by atoms with Crippen molar-refractivity contribution < 1.29 is 28.6 Å². The van der Waals surface area contributed by atoms with Gasteiger partial charge in [0, 0.05) is 37.9 Å². The predicted molar refractivity (Wildman–Crippen MR) is 134 cm³/mol. The molecule has 3 heterocycles. The van der Waals surface area contributed by atoms with Crippen molar-refractivity contribution in [2.45, 2.75) is 63.8 Å².